The van der Waals surface area contributed by atoms with Crippen molar-refractivity contribution in [3.05, 3.63) is 10.6 Å². The van der Waals surface area contributed by atoms with Crippen LogP contribution in [0, 0.1) is 6.92 Å². The first kappa shape index (κ1) is 14.6. The number of carbonyl (C=O) groups excluding carboxylic acids is 1. The molecule has 1 rings (SSSR count). The zero-order valence-corrected chi connectivity index (χ0v) is 11.5. The van der Waals surface area contributed by atoms with Gasteiger partial charge in [-0.1, -0.05) is 4.49 Å². The number of aliphatic carboxylic acids is 1. The van der Waals surface area contributed by atoms with Crippen LogP contribution < -0.4 is 0 Å². The monoisotopic (exact) mass is 271 g/mol. The van der Waals surface area contributed by atoms with Crippen LogP contribution >= 0.6 is 11.5 Å². The summed E-state index contributed by atoms with van der Waals surface area (Å²) in [6.07, 6.45) is 0.515. The number of carbonyl (C=O) groups is 2. The SMILES string of the molecule is Cc1nnsc1C(=O)N(CCCC(=O)O)C(C)C. The Kier molecular flexibility index (Phi) is 5.21. The molecule has 0 fully saturated rings. The van der Waals surface area contributed by atoms with Gasteiger partial charge in [-0.25, -0.2) is 0 Å². The molecule has 0 saturated heterocycles. The molecule has 1 N–H and O–H groups in total. The lowest BCUT2D eigenvalue weighted by atomic mass is 10.2. The zero-order chi connectivity index (χ0) is 13.7. The number of amides is 1. The van der Waals surface area contributed by atoms with E-state index in [1.54, 1.807) is 11.8 Å². The van der Waals surface area contributed by atoms with Gasteiger partial charge < -0.3 is 10.0 Å². The second kappa shape index (κ2) is 6.44. The molecule has 0 saturated carbocycles. The van der Waals surface area contributed by atoms with Crippen molar-refractivity contribution >= 4 is 23.4 Å². The molecule has 0 radical (unpaired) electrons. The minimum absolute atomic E-state index is 0.0211. The van der Waals surface area contributed by atoms with Crippen molar-refractivity contribution in [2.24, 2.45) is 0 Å². The van der Waals surface area contributed by atoms with E-state index in [4.69, 9.17) is 5.11 Å². The second-order valence-electron chi connectivity index (χ2n) is 4.28. The molecule has 0 spiro atoms. The Morgan fingerprint density at radius 2 is 2.11 bits per heavy atom. The Morgan fingerprint density at radius 3 is 2.56 bits per heavy atom. The molecule has 1 amide bonds. The maximum atomic E-state index is 12.3. The highest BCUT2D eigenvalue weighted by Gasteiger charge is 2.22. The standard InChI is InChI=1S/C11H17N3O3S/c1-7(2)14(6-4-5-9(15)16)11(17)10-8(3)12-13-18-10/h7H,4-6H2,1-3H3,(H,15,16). The van der Waals surface area contributed by atoms with E-state index >= 15 is 0 Å². The van der Waals surface area contributed by atoms with E-state index in [2.05, 4.69) is 9.59 Å². The highest BCUT2D eigenvalue weighted by molar-refractivity contribution is 7.07. The number of hydrogen-bond acceptors (Lipinski definition) is 5. The van der Waals surface area contributed by atoms with Crippen molar-refractivity contribution in [2.45, 2.75) is 39.7 Å². The number of aromatic nitrogens is 2. The Balaban J connectivity index is 2.70. The fourth-order valence-electron chi connectivity index (χ4n) is 1.55. The number of carboxylic acid groups (broad SMARTS) is 1. The maximum Gasteiger partial charge on any atom is 0.303 e. The van der Waals surface area contributed by atoms with Crippen molar-refractivity contribution < 1.29 is 14.7 Å². The summed E-state index contributed by atoms with van der Waals surface area (Å²) in [5, 5.41) is 12.4. The predicted octanol–water partition coefficient (Wildman–Crippen LogP) is 1.56. The van der Waals surface area contributed by atoms with E-state index in [1.807, 2.05) is 13.8 Å². The summed E-state index contributed by atoms with van der Waals surface area (Å²) in [5.74, 6) is -0.968. The zero-order valence-electron chi connectivity index (χ0n) is 10.7. The molecule has 6 nitrogen and oxygen atoms in total. The predicted molar refractivity (Wildman–Crippen MR) is 67.7 cm³/mol. The van der Waals surface area contributed by atoms with Crippen molar-refractivity contribution in [2.75, 3.05) is 6.54 Å². The summed E-state index contributed by atoms with van der Waals surface area (Å²) in [6, 6.07) is 0.0211. The van der Waals surface area contributed by atoms with Crippen LogP contribution in [0.2, 0.25) is 0 Å². The quantitative estimate of drug-likeness (QED) is 0.849. The van der Waals surface area contributed by atoms with Gasteiger partial charge in [-0.3, -0.25) is 9.59 Å². The topological polar surface area (TPSA) is 83.4 Å². The van der Waals surface area contributed by atoms with E-state index in [1.165, 1.54) is 0 Å². The number of carboxylic acids is 1. The lowest BCUT2D eigenvalue weighted by molar-refractivity contribution is -0.137. The Labute approximate surface area is 110 Å². The third-order valence-corrected chi connectivity index (χ3v) is 3.34. The third-order valence-electron chi connectivity index (χ3n) is 2.52. The number of hydrogen-bond donors (Lipinski definition) is 1. The summed E-state index contributed by atoms with van der Waals surface area (Å²) in [4.78, 5) is 24.9. The van der Waals surface area contributed by atoms with Crippen LogP contribution in [0.15, 0.2) is 0 Å². The van der Waals surface area contributed by atoms with Crippen molar-refractivity contribution in [1.29, 1.82) is 0 Å². The minimum atomic E-state index is -0.846. The molecule has 1 aromatic heterocycles. The van der Waals surface area contributed by atoms with Crippen LogP contribution in [0.25, 0.3) is 0 Å². The molecular formula is C11H17N3O3S. The lowest BCUT2D eigenvalue weighted by Crippen LogP contribution is -2.37. The summed E-state index contributed by atoms with van der Waals surface area (Å²) in [7, 11) is 0. The lowest BCUT2D eigenvalue weighted by Gasteiger charge is -2.26. The van der Waals surface area contributed by atoms with Crippen LogP contribution in [-0.4, -0.2) is 44.1 Å². The number of rotatable bonds is 6. The van der Waals surface area contributed by atoms with Crippen LogP contribution in [0.3, 0.4) is 0 Å². The Hall–Kier alpha value is -1.50. The molecule has 0 aromatic carbocycles. The van der Waals surface area contributed by atoms with Crippen LogP contribution in [0.4, 0.5) is 0 Å². The van der Waals surface area contributed by atoms with E-state index in [0.717, 1.165) is 11.5 Å². The molecule has 0 bridgehead atoms. The average molecular weight is 271 g/mol. The molecule has 0 atom stereocenters. The molecule has 1 heterocycles. The summed E-state index contributed by atoms with van der Waals surface area (Å²) in [6.45, 7) is 5.98. The van der Waals surface area contributed by atoms with Gasteiger partial charge in [0.05, 0.1) is 5.69 Å². The molecule has 0 aliphatic carbocycles. The average Bonchev–Trinajstić information content (AvgIpc) is 2.69. The molecule has 0 aliphatic rings. The molecule has 18 heavy (non-hydrogen) atoms. The van der Waals surface area contributed by atoms with E-state index in [-0.39, 0.29) is 18.4 Å². The number of aryl methyl sites for hydroxylation is 1. The van der Waals surface area contributed by atoms with Gasteiger partial charge in [0.2, 0.25) is 0 Å². The smallest absolute Gasteiger partial charge is 0.303 e. The maximum absolute atomic E-state index is 12.3. The van der Waals surface area contributed by atoms with Crippen LogP contribution in [0.5, 0.6) is 0 Å². The van der Waals surface area contributed by atoms with Gasteiger partial charge in [-0.2, -0.15) is 0 Å². The van der Waals surface area contributed by atoms with Crippen molar-refractivity contribution in [3.8, 4) is 0 Å². The van der Waals surface area contributed by atoms with Gasteiger partial charge >= 0.3 is 5.97 Å². The van der Waals surface area contributed by atoms with Gasteiger partial charge in [-0.05, 0) is 38.7 Å². The van der Waals surface area contributed by atoms with Crippen LogP contribution in [0.1, 0.15) is 42.1 Å². The summed E-state index contributed by atoms with van der Waals surface area (Å²) in [5.41, 5.74) is 0.619. The highest BCUT2D eigenvalue weighted by Crippen LogP contribution is 2.15. The Bertz CT molecular complexity index is 431. The molecule has 1 aromatic rings. The molecule has 7 heteroatoms. The fourth-order valence-corrected chi connectivity index (χ4v) is 2.17. The minimum Gasteiger partial charge on any atom is -0.481 e. The van der Waals surface area contributed by atoms with E-state index in [9.17, 15) is 9.59 Å². The van der Waals surface area contributed by atoms with Crippen molar-refractivity contribution in [3.63, 3.8) is 0 Å². The summed E-state index contributed by atoms with van der Waals surface area (Å²) < 4.78 is 3.74. The molecule has 100 valence electrons. The second-order valence-corrected chi connectivity index (χ2v) is 5.03. The third kappa shape index (κ3) is 3.76. The van der Waals surface area contributed by atoms with Gasteiger partial charge in [0, 0.05) is 19.0 Å². The van der Waals surface area contributed by atoms with Gasteiger partial charge in [0.15, 0.2) is 0 Å². The van der Waals surface area contributed by atoms with E-state index in [0.29, 0.717) is 23.5 Å². The molecule has 0 unspecified atom stereocenters. The first-order valence-electron chi connectivity index (χ1n) is 5.75. The fraction of sp³-hybridized carbons (Fsp3) is 0.636. The summed E-state index contributed by atoms with van der Waals surface area (Å²) >= 11 is 1.07. The normalized spacial score (nSPS) is 10.7. The Morgan fingerprint density at radius 1 is 1.44 bits per heavy atom. The van der Waals surface area contributed by atoms with Crippen molar-refractivity contribution in [1.82, 2.24) is 14.5 Å². The first-order chi connectivity index (χ1) is 8.43. The highest BCUT2D eigenvalue weighted by atomic mass is 32.1. The number of nitrogens with zero attached hydrogens (tertiary/aromatic N) is 3. The van der Waals surface area contributed by atoms with Gasteiger partial charge in [-0.15, -0.1) is 5.10 Å². The van der Waals surface area contributed by atoms with Crippen LogP contribution in [-0.2, 0) is 4.79 Å². The largest absolute Gasteiger partial charge is 0.481 e. The van der Waals surface area contributed by atoms with Gasteiger partial charge in [0.1, 0.15) is 4.88 Å². The van der Waals surface area contributed by atoms with E-state index < -0.39 is 5.97 Å². The first-order valence-corrected chi connectivity index (χ1v) is 6.52. The molecular weight excluding hydrogens is 254 g/mol. The van der Waals surface area contributed by atoms with Gasteiger partial charge in [0.25, 0.3) is 5.91 Å². The molecule has 0 aliphatic heterocycles.